The molecular formula is C10H20N2O2S. The molecule has 0 atom stereocenters. The Morgan fingerprint density at radius 3 is 2.53 bits per heavy atom. The zero-order valence-electron chi connectivity index (χ0n) is 9.11. The smallest absolute Gasteiger partial charge is 0.150 e. The standard InChI is InChI=1S/C10H20N2O2S/c13-15(14)8-2-10(3-9-15)12-6-1-4-11-5-7-12/h10-11H,1-9H2. The molecule has 1 N–H and O–H groups in total. The van der Waals surface area contributed by atoms with Gasteiger partial charge in [-0.1, -0.05) is 0 Å². The third-order valence-corrected chi connectivity index (χ3v) is 5.13. The number of nitrogens with zero attached hydrogens (tertiary/aromatic N) is 1. The van der Waals surface area contributed by atoms with Crippen LogP contribution in [-0.4, -0.2) is 57.0 Å². The van der Waals surface area contributed by atoms with Crippen LogP contribution in [0.25, 0.3) is 0 Å². The average Bonchev–Trinajstić information content (AvgIpc) is 2.46. The van der Waals surface area contributed by atoms with Crippen LogP contribution < -0.4 is 5.32 Å². The molecule has 0 unspecified atom stereocenters. The lowest BCUT2D eigenvalue weighted by Crippen LogP contribution is -2.42. The second kappa shape index (κ2) is 4.80. The lowest BCUT2D eigenvalue weighted by molar-refractivity contribution is 0.195. The van der Waals surface area contributed by atoms with Gasteiger partial charge in [0.1, 0.15) is 9.84 Å². The van der Waals surface area contributed by atoms with Crippen molar-refractivity contribution in [1.29, 1.82) is 0 Å². The van der Waals surface area contributed by atoms with Crippen molar-refractivity contribution in [2.75, 3.05) is 37.7 Å². The van der Waals surface area contributed by atoms with Crippen LogP contribution in [0.2, 0.25) is 0 Å². The summed E-state index contributed by atoms with van der Waals surface area (Å²) in [6.07, 6.45) is 2.86. The van der Waals surface area contributed by atoms with E-state index in [0.717, 1.165) is 39.0 Å². The Labute approximate surface area is 91.9 Å². The predicted octanol–water partition coefficient (Wildman–Crippen LogP) is -0.141. The molecule has 0 bridgehead atoms. The summed E-state index contributed by atoms with van der Waals surface area (Å²) >= 11 is 0. The number of hydrogen-bond acceptors (Lipinski definition) is 4. The van der Waals surface area contributed by atoms with Crippen LogP contribution in [0.3, 0.4) is 0 Å². The summed E-state index contributed by atoms with van der Waals surface area (Å²) in [6, 6.07) is 0.508. The number of sulfone groups is 1. The Hall–Kier alpha value is -0.130. The molecule has 0 spiro atoms. The second-order valence-corrected chi connectivity index (χ2v) is 6.83. The monoisotopic (exact) mass is 232 g/mol. The van der Waals surface area contributed by atoms with Gasteiger partial charge in [0, 0.05) is 19.1 Å². The van der Waals surface area contributed by atoms with Crippen LogP contribution in [0.5, 0.6) is 0 Å². The quantitative estimate of drug-likeness (QED) is 0.683. The fourth-order valence-corrected chi connectivity index (χ4v) is 3.94. The van der Waals surface area contributed by atoms with Gasteiger partial charge in [-0.05, 0) is 32.4 Å². The van der Waals surface area contributed by atoms with Gasteiger partial charge < -0.3 is 5.32 Å². The number of hydrogen-bond donors (Lipinski definition) is 1. The van der Waals surface area contributed by atoms with Gasteiger partial charge in [-0.2, -0.15) is 0 Å². The zero-order valence-corrected chi connectivity index (χ0v) is 9.93. The van der Waals surface area contributed by atoms with E-state index < -0.39 is 9.84 Å². The first-order valence-electron chi connectivity index (χ1n) is 5.82. The molecule has 0 saturated carbocycles. The van der Waals surface area contributed by atoms with E-state index in [9.17, 15) is 8.42 Å². The fourth-order valence-electron chi connectivity index (χ4n) is 2.47. The molecule has 0 amide bonds. The van der Waals surface area contributed by atoms with Gasteiger partial charge in [-0.3, -0.25) is 4.90 Å². The third-order valence-electron chi connectivity index (χ3n) is 3.42. The molecule has 0 aromatic rings. The van der Waals surface area contributed by atoms with Gasteiger partial charge in [-0.15, -0.1) is 0 Å². The molecule has 4 nitrogen and oxygen atoms in total. The Morgan fingerprint density at radius 2 is 1.80 bits per heavy atom. The molecule has 88 valence electrons. The van der Waals surface area contributed by atoms with Crippen molar-refractivity contribution in [3.05, 3.63) is 0 Å². The topological polar surface area (TPSA) is 49.4 Å². The average molecular weight is 232 g/mol. The first-order valence-corrected chi connectivity index (χ1v) is 7.65. The molecule has 2 saturated heterocycles. The molecule has 15 heavy (non-hydrogen) atoms. The van der Waals surface area contributed by atoms with Gasteiger partial charge in [0.25, 0.3) is 0 Å². The van der Waals surface area contributed by atoms with Gasteiger partial charge in [0.2, 0.25) is 0 Å². The van der Waals surface area contributed by atoms with E-state index in [1.807, 2.05) is 0 Å². The van der Waals surface area contributed by atoms with Crippen molar-refractivity contribution >= 4 is 9.84 Å². The van der Waals surface area contributed by atoms with Gasteiger partial charge in [0.05, 0.1) is 11.5 Å². The van der Waals surface area contributed by atoms with E-state index in [-0.39, 0.29) is 0 Å². The van der Waals surface area contributed by atoms with E-state index >= 15 is 0 Å². The second-order valence-electron chi connectivity index (χ2n) is 4.52. The highest BCUT2D eigenvalue weighted by molar-refractivity contribution is 7.91. The van der Waals surface area contributed by atoms with Crippen LogP contribution in [0.1, 0.15) is 19.3 Å². The highest BCUT2D eigenvalue weighted by Crippen LogP contribution is 2.18. The van der Waals surface area contributed by atoms with Crippen molar-refractivity contribution < 1.29 is 8.42 Å². The predicted molar refractivity (Wildman–Crippen MR) is 60.7 cm³/mol. The van der Waals surface area contributed by atoms with Crippen molar-refractivity contribution in [2.24, 2.45) is 0 Å². The van der Waals surface area contributed by atoms with Crippen LogP contribution in [-0.2, 0) is 9.84 Å². The van der Waals surface area contributed by atoms with Crippen LogP contribution in [0.4, 0.5) is 0 Å². The minimum absolute atomic E-state index is 0.390. The van der Waals surface area contributed by atoms with E-state index in [4.69, 9.17) is 0 Å². The molecule has 0 aromatic carbocycles. The normalized spacial score (nSPS) is 29.9. The van der Waals surface area contributed by atoms with Gasteiger partial charge in [0.15, 0.2) is 0 Å². The summed E-state index contributed by atoms with van der Waals surface area (Å²) in [4.78, 5) is 2.47. The Bertz CT molecular complexity index is 281. The number of rotatable bonds is 1. The van der Waals surface area contributed by atoms with Crippen molar-refractivity contribution in [1.82, 2.24) is 10.2 Å². The number of nitrogens with one attached hydrogen (secondary N) is 1. The molecule has 2 rings (SSSR count). The molecule has 2 aliphatic rings. The fraction of sp³-hybridized carbons (Fsp3) is 1.00. The molecule has 2 fully saturated rings. The lowest BCUT2D eigenvalue weighted by Gasteiger charge is -2.32. The van der Waals surface area contributed by atoms with Crippen LogP contribution in [0.15, 0.2) is 0 Å². The summed E-state index contributed by atoms with van der Waals surface area (Å²) < 4.78 is 22.6. The molecule has 5 heteroatoms. The Balaban J connectivity index is 1.88. The maximum absolute atomic E-state index is 11.3. The summed E-state index contributed by atoms with van der Waals surface area (Å²) in [6.45, 7) is 4.34. The van der Waals surface area contributed by atoms with E-state index in [0.29, 0.717) is 17.5 Å². The zero-order chi connectivity index (χ0) is 10.7. The van der Waals surface area contributed by atoms with Crippen molar-refractivity contribution in [3.8, 4) is 0 Å². The minimum Gasteiger partial charge on any atom is -0.315 e. The molecular weight excluding hydrogens is 212 g/mol. The first kappa shape index (κ1) is 11.4. The van der Waals surface area contributed by atoms with E-state index in [2.05, 4.69) is 10.2 Å². The minimum atomic E-state index is -2.71. The maximum atomic E-state index is 11.3. The SMILES string of the molecule is O=S1(=O)CCC(N2CCCNCC2)CC1. The maximum Gasteiger partial charge on any atom is 0.150 e. The third kappa shape index (κ3) is 3.16. The molecule has 2 heterocycles. The Kier molecular flexibility index (Phi) is 3.64. The highest BCUT2D eigenvalue weighted by Gasteiger charge is 2.27. The molecule has 0 aliphatic carbocycles. The van der Waals surface area contributed by atoms with E-state index in [1.165, 1.54) is 6.42 Å². The van der Waals surface area contributed by atoms with E-state index in [1.54, 1.807) is 0 Å². The van der Waals surface area contributed by atoms with Crippen molar-refractivity contribution in [2.45, 2.75) is 25.3 Å². The molecule has 2 aliphatic heterocycles. The first-order chi connectivity index (χ1) is 7.17. The molecule has 0 aromatic heterocycles. The highest BCUT2D eigenvalue weighted by atomic mass is 32.2. The summed E-state index contributed by atoms with van der Waals surface area (Å²) in [7, 11) is -2.71. The lowest BCUT2D eigenvalue weighted by atomic mass is 10.1. The summed E-state index contributed by atoms with van der Waals surface area (Å²) in [5, 5.41) is 3.37. The van der Waals surface area contributed by atoms with Crippen molar-refractivity contribution in [3.63, 3.8) is 0 Å². The summed E-state index contributed by atoms with van der Waals surface area (Å²) in [5.74, 6) is 0.781. The molecule has 0 radical (unpaired) electrons. The largest absolute Gasteiger partial charge is 0.315 e. The van der Waals surface area contributed by atoms with Crippen LogP contribution >= 0.6 is 0 Å². The van der Waals surface area contributed by atoms with Gasteiger partial charge in [-0.25, -0.2) is 8.42 Å². The van der Waals surface area contributed by atoms with Gasteiger partial charge >= 0.3 is 0 Å². The summed E-state index contributed by atoms with van der Waals surface area (Å²) in [5.41, 5.74) is 0. The Morgan fingerprint density at radius 1 is 1.07 bits per heavy atom. The van der Waals surface area contributed by atoms with Crippen LogP contribution in [0, 0.1) is 0 Å².